The summed E-state index contributed by atoms with van der Waals surface area (Å²) >= 11 is 0. The SMILES string of the molecule is CC1(C)c2ccccc2-c2c1cc(-c1ccc(-c3c4ccccc4c(-c4ccc5c(c4)c4ccccc4n5-c4ccccc4)c4ccccc34)cc1)c1ccccc21. The van der Waals surface area contributed by atoms with Gasteiger partial charge < -0.3 is 4.57 Å². The van der Waals surface area contributed by atoms with Gasteiger partial charge in [0.05, 0.1) is 11.0 Å². The van der Waals surface area contributed by atoms with Gasteiger partial charge in [-0.25, -0.2) is 0 Å². The average Bonchev–Trinajstić information content (AvgIpc) is 3.73. The highest BCUT2D eigenvalue weighted by Crippen LogP contribution is 2.53. The average molecular weight is 738 g/mol. The quantitative estimate of drug-likeness (QED) is 0.159. The first-order chi connectivity index (χ1) is 28.6. The van der Waals surface area contributed by atoms with Gasteiger partial charge in [-0.15, -0.1) is 0 Å². The monoisotopic (exact) mass is 737 g/mol. The molecule has 0 saturated carbocycles. The van der Waals surface area contributed by atoms with E-state index in [9.17, 15) is 0 Å². The number of para-hydroxylation sites is 2. The van der Waals surface area contributed by atoms with Crippen LogP contribution < -0.4 is 0 Å². The summed E-state index contributed by atoms with van der Waals surface area (Å²) in [6.07, 6.45) is 0. The van der Waals surface area contributed by atoms with Crippen LogP contribution in [0.4, 0.5) is 0 Å². The highest BCUT2D eigenvalue weighted by Gasteiger charge is 2.37. The first kappa shape index (κ1) is 33.0. The molecule has 0 saturated heterocycles. The van der Waals surface area contributed by atoms with Gasteiger partial charge in [0.25, 0.3) is 0 Å². The topological polar surface area (TPSA) is 4.93 Å². The molecule has 0 N–H and O–H groups in total. The van der Waals surface area contributed by atoms with Crippen LogP contribution >= 0.6 is 0 Å². The molecule has 0 spiro atoms. The van der Waals surface area contributed by atoms with Crippen molar-refractivity contribution in [2.24, 2.45) is 0 Å². The molecule has 0 aliphatic heterocycles. The molecule has 0 bridgehead atoms. The Hall–Kier alpha value is -7.22. The number of hydrogen-bond acceptors (Lipinski definition) is 0. The Balaban J connectivity index is 1.04. The molecule has 1 heteroatoms. The lowest BCUT2D eigenvalue weighted by molar-refractivity contribution is 0.661. The summed E-state index contributed by atoms with van der Waals surface area (Å²) in [5.74, 6) is 0. The van der Waals surface area contributed by atoms with E-state index in [4.69, 9.17) is 0 Å². The molecule has 1 aliphatic carbocycles. The molecular weight excluding hydrogens is 699 g/mol. The molecule has 1 aliphatic rings. The summed E-state index contributed by atoms with van der Waals surface area (Å²) in [5, 5.41) is 10.2. The Morgan fingerprint density at radius 3 is 1.47 bits per heavy atom. The fraction of sp³-hybridized carbons (Fsp3) is 0.0526. The van der Waals surface area contributed by atoms with Gasteiger partial charge in [-0.3, -0.25) is 0 Å². The van der Waals surface area contributed by atoms with Crippen LogP contribution in [0.1, 0.15) is 25.0 Å². The molecule has 0 fully saturated rings. The lowest BCUT2D eigenvalue weighted by Crippen LogP contribution is -2.15. The van der Waals surface area contributed by atoms with Gasteiger partial charge >= 0.3 is 0 Å². The molecule has 272 valence electrons. The van der Waals surface area contributed by atoms with Crippen LogP contribution in [0.2, 0.25) is 0 Å². The van der Waals surface area contributed by atoms with E-state index in [2.05, 4.69) is 219 Å². The molecule has 0 amide bonds. The summed E-state index contributed by atoms with van der Waals surface area (Å²) in [7, 11) is 0. The standard InChI is InChI=1S/C57H39N/c1-57(2)50-26-14-12-25-47(50)56-42-20-7-6-18-40(42)48(35-51(56)57)36-28-30-37(31-29-36)54-43-21-8-10-23-45(43)55(46-24-11-9-22-44(46)54)38-32-33-53-49(34-38)41-19-13-15-27-52(41)58(53)39-16-4-3-5-17-39/h3-35H,1-2H3. The third-order valence-corrected chi connectivity index (χ3v) is 13.0. The van der Waals surface area contributed by atoms with Crippen LogP contribution in [-0.2, 0) is 5.41 Å². The number of benzene rings is 10. The molecule has 0 atom stereocenters. The van der Waals surface area contributed by atoms with Crippen molar-refractivity contribution in [1.29, 1.82) is 0 Å². The number of rotatable bonds is 4. The van der Waals surface area contributed by atoms with Crippen LogP contribution in [0.5, 0.6) is 0 Å². The zero-order valence-electron chi connectivity index (χ0n) is 32.5. The first-order valence-corrected chi connectivity index (χ1v) is 20.4. The Kier molecular flexibility index (Phi) is 7.04. The zero-order valence-corrected chi connectivity index (χ0v) is 32.5. The molecule has 11 aromatic rings. The predicted molar refractivity (Wildman–Crippen MR) is 247 cm³/mol. The largest absolute Gasteiger partial charge is 0.309 e. The van der Waals surface area contributed by atoms with E-state index >= 15 is 0 Å². The zero-order chi connectivity index (χ0) is 38.5. The van der Waals surface area contributed by atoms with Crippen molar-refractivity contribution < 1.29 is 0 Å². The lowest BCUT2D eigenvalue weighted by atomic mass is 9.80. The third kappa shape index (κ3) is 4.65. The van der Waals surface area contributed by atoms with Crippen molar-refractivity contribution in [3.63, 3.8) is 0 Å². The van der Waals surface area contributed by atoms with E-state index in [1.54, 1.807) is 0 Å². The molecule has 0 radical (unpaired) electrons. The first-order valence-electron chi connectivity index (χ1n) is 20.4. The number of nitrogens with zero attached hydrogens (tertiary/aromatic N) is 1. The minimum absolute atomic E-state index is 0.0757. The summed E-state index contributed by atoms with van der Waals surface area (Å²) in [4.78, 5) is 0. The Morgan fingerprint density at radius 2 is 0.793 bits per heavy atom. The van der Waals surface area contributed by atoms with Gasteiger partial charge in [0, 0.05) is 21.9 Å². The van der Waals surface area contributed by atoms with Gasteiger partial charge in [-0.05, 0) is 124 Å². The van der Waals surface area contributed by atoms with E-state index in [1.807, 2.05) is 0 Å². The summed E-state index contributed by atoms with van der Waals surface area (Å²) in [6, 6.07) is 74.3. The second kappa shape index (κ2) is 12.4. The number of fused-ring (bicyclic) bond motifs is 10. The van der Waals surface area contributed by atoms with Crippen molar-refractivity contribution in [3.8, 4) is 50.2 Å². The maximum Gasteiger partial charge on any atom is 0.0541 e. The van der Waals surface area contributed by atoms with Crippen molar-refractivity contribution in [2.45, 2.75) is 19.3 Å². The second-order valence-corrected chi connectivity index (χ2v) is 16.4. The van der Waals surface area contributed by atoms with E-state index in [0.717, 1.165) is 0 Å². The Morgan fingerprint density at radius 1 is 0.310 bits per heavy atom. The Bertz CT molecular complexity index is 3400. The van der Waals surface area contributed by atoms with Crippen LogP contribution in [0, 0.1) is 0 Å². The lowest BCUT2D eigenvalue weighted by Gasteiger charge is -2.23. The van der Waals surface area contributed by atoms with Crippen LogP contribution in [-0.4, -0.2) is 4.57 Å². The van der Waals surface area contributed by atoms with E-state index in [0.29, 0.717) is 0 Å². The van der Waals surface area contributed by atoms with E-state index in [-0.39, 0.29) is 5.41 Å². The van der Waals surface area contributed by atoms with Crippen molar-refractivity contribution in [2.75, 3.05) is 0 Å². The number of hydrogen-bond donors (Lipinski definition) is 0. The second-order valence-electron chi connectivity index (χ2n) is 16.4. The van der Waals surface area contributed by atoms with E-state index < -0.39 is 0 Å². The molecule has 0 unspecified atom stereocenters. The Labute approximate surface area is 338 Å². The van der Waals surface area contributed by atoms with Crippen molar-refractivity contribution >= 4 is 54.1 Å². The maximum absolute atomic E-state index is 2.47. The molecule has 1 nitrogen and oxygen atoms in total. The predicted octanol–water partition coefficient (Wildman–Crippen LogP) is 15.6. The summed E-state index contributed by atoms with van der Waals surface area (Å²) < 4.78 is 2.39. The normalized spacial score (nSPS) is 13.1. The molecular formula is C57H39N. The summed E-state index contributed by atoms with van der Waals surface area (Å²) in [6.45, 7) is 4.75. The van der Waals surface area contributed by atoms with Gasteiger partial charge in [-0.1, -0.05) is 178 Å². The third-order valence-electron chi connectivity index (χ3n) is 13.0. The maximum atomic E-state index is 2.47. The smallest absolute Gasteiger partial charge is 0.0541 e. The highest BCUT2D eigenvalue weighted by atomic mass is 15.0. The van der Waals surface area contributed by atoms with Gasteiger partial charge in [0.2, 0.25) is 0 Å². The molecule has 10 aromatic carbocycles. The fourth-order valence-electron chi connectivity index (χ4n) is 10.3. The van der Waals surface area contributed by atoms with Crippen molar-refractivity contribution in [1.82, 2.24) is 4.57 Å². The van der Waals surface area contributed by atoms with Gasteiger partial charge in [-0.2, -0.15) is 0 Å². The molecule has 12 rings (SSSR count). The van der Waals surface area contributed by atoms with Crippen molar-refractivity contribution in [3.05, 3.63) is 211 Å². The number of aromatic nitrogens is 1. The van der Waals surface area contributed by atoms with Crippen LogP contribution in [0.3, 0.4) is 0 Å². The minimum atomic E-state index is -0.0757. The van der Waals surface area contributed by atoms with E-state index in [1.165, 1.54) is 115 Å². The molecule has 58 heavy (non-hydrogen) atoms. The fourth-order valence-corrected chi connectivity index (χ4v) is 10.3. The molecule has 1 aromatic heterocycles. The van der Waals surface area contributed by atoms with Gasteiger partial charge in [0.1, 0.15) is 0 Å². The highest BCUT2D eigenvalue weighted by molar-refractivity contribution is 6.22. The van der Waals surface area contributed by atoms with Crippen LogP contribution in [0.25, 0.3) is 104 Å². The minimum Gasteiger partial charge on any atom is -0.309 e. The van der Waals surface area contributed by atoms with Crippen LogP contribution in [0.15, 0.2) is 200 Å². The van der Waals surface area contributed by atoms with Gasteiger partial charge in [0.15, 0.2) is 0 Å². The molecule has 1 heterocycles. The summed E-state index contributed by atoms with van der Waals surface area (Å²) in [5.41, 5.74) is 16.6.